The molecule has 0 heterocycles. The summed E-state index contributed by atoms with van der Waals surface area (Å²) >= 11 is 0. The maximum atomic E-state index is 10.5. The summed E-state index contributed by atoms with van der Waals surface area (Å²) in [7, 11) is 0. The third-order valence-electron chi connectivity index (χ3n) is 2.70. The molecule has 1 aromatic rings. The predicted octanol–water partition coefficient (Wildman–Crippen LogP) is 3.42. The lowest BCUT2D eigenvalue weighted by atomic mass is 9.85. The molecule has 0 saturated heterocycles. The maximum absolute atomic E-state index is 10.5. The molecular weight excluding hydrogens is 184 g/mol. The zero-order chi connectivity index (χ0) is 11.3. The topological polar surface area (TPSA) is 20.2 Å². The number of allylic oxidation sites excluding steroid dienone is 1. The minimum Gasteiger partial charge on any atom is -0.385 e. The van der Waals surface area contributed by atoms with E-state index in [9.17, 15) is 5.11 Å². The van der Waals surface area contributed by atoms with Crippen LogP contribution < -0.4 is 0 Å². The van der Waals surface area contributed by atoms with Gasteiger partial charge in [0.1, 0.15) is 0 Å². The average molecular weight is 202 g/mol. The van der Waals surface area contributed by atoms with E-state index in [-0.39, 0.29) is 0 Å². The number of benzene rings is 1. The van der Waals surface area contributed by atoms with Crippen LogP contribution in [0.1, 0.15) is 25.3 Å². The average Bonchev–Trinajstić information content (AvgIpc) is 2.30. The molecule has 0 aromatic heterocycles. The summed E-state index contributed by atoms with van der Waals surface area (Å²) < 4.78 is 0. The van der Waals surface area contributed by atoms with Gasteiger partial charge in [0.2, 0.25) is 0 Å². The Morgan fingerprint density at radius 2 is 2.00 bits per heavy atom. The lowest BCUT2D eigenvalue weighted by molar-refractivity contribution is 0.0337. The molecule has 0 spiro atoms. The third-order valence-corrected chi connectivity index (χ3v) is 2.70. The first-order chi connectivity index (χ1) is 7.12. The van der Waals surface area contributed by atoms with Crippen LogP contribution in [0.4, 0.5) is 0 Å². The molecule has 0 fully saturated rings. The molecule has 1 nitrogen and oxygen atoms in total. The highest BCUT2D eigenvalue weighted by atomic mass is 16.3. The van der Waals surface area contributed by atoms with Crippen LogP contribution in [0.2, 0.25) is 0 Å². The van der Waals surface area contributed by atoms with E-state index < -0.39 is 5.60 Å². The molecule has 0 amide bonds. The monoisotopic (exact) mass is 202 g/mol. The third kappa shape index (κ3) is 2.80. The van der Waals surface area contributed by atoms with Crippen molar-refractivity contribution >= 4 is 0 Å². The summed E-state index contributed by atoms with van der Waals surface area (Å²) in [4.78, 5) is 0. The van der Waals surface area contributed by atoms with Crippen LogP contribution in [0.25, 0.3) is 0 Å². The second-order valence-corrected chi connectivity index (χ2v) is 3.79. The molecule has 0 aliphatic rings. The van der Waals surface area contributed by atoms with Gasteiger partial charge in [0, 0.05) is 6.42 Å². The quantitative estimate of drug-likeness (QED) is 0.725. The van der Waals surface area contributed by atoms with E-state index in [1.807, 2.05) is 37.3 Å². The standard InChI is InChI=1S/C14H18O/c1-4-12(3)11-14(15,5-2)13-9-7-6-8-10-13/h4,6-10,15H,1,3,5,11H2,2H3. The Balaban J connectivity index is 2.95. The highest BCUT2D eigenvalue weighted by Crippen LogP contribution is 2.31. The number of hydrogen-bond donors (Lipinski definition) is 1. The van der Waals surface area contributed by atoms with Crippen LogP contribution in [0.3, 0.4) is 0 Å². The minimum absolute atomic E-state index is 0.539. The molecule has 15 heavy (non-hydrogen) atoms. The summed E-state index contributed by atoms with van der Waals surface area (Å²) in [5, 5.41) is 10.5. The van der Waals surface area contributed by atoms with Crippen molar-refractivity contribution in [1.82, 2.24) is 0 Å². The number of rotatable bonds is 5. The van der Waals surface area contributed by atoms with Gasteiger partial charge in [0.25, 0.3) is 0 Å². The van der Waals surface area contributed by atoms with Crippen molar-refractivity contribution in [2.75, 3.05) is 0 Å². The van der Waals surface area contributed by atoms with E-state index in [1.54, 1.807) is 6.08 Å². The van der Waals surface area contributed by atoms with Gasteiger partial charge in [0.05, 0.1) is 5.60 Å². The van der Waals surface area contributed by atoms with E-state index in [0.717, 1.165) is 11.1 Å². The lowest BCUT2D eigenvalue weighted by Crippen LogP contribution is -2.24. The lowest BCUT2D eigenvalue weighted by Gasteiger charge is -2.27. The Kier molecular flexibility index (Phi) is 3.87. The SMILES string of the molecule is C=CC(=C)CC(O)(CC)c1ccccc1. The molecule has 1 N–H and O–H groups in total. The number of aliphatic hydroxyl groups is 1. The first kappa shape index (κ1) is 11.7. The molecule has 0 aliphatic heterocycles. The van der Waals surface area contributed by atoms with Crippen LogP contribution >= 0.6 is 0 Å². The van der Waals surface area contributed by atoms with Gasteiger partial charge in [-0.15, -0.1) is 0 Å². The highest BCUT2D eigenvalue weighted by molar-refractivity contribution is 5.26. The van der Waals surface area contributed by atoms with Gasteiger partial charge in [0.15, 0.2) is 0 Å². The van der Waals surface area contributed by atoms with E-state index in [2.05, 4.69) is 13.2 Å². The molecule has 1 aromatic carbocycles. The van der Waals surface area contributed by atoms with E-state index in [4.69, 9.17) is 0 Å². The van der Waals surface area contributed by atoms with Gasteiger partial charge in [-0.1, -0.05) is 62.1 Å². The predicted molar refractivity (Wildman–Crippen MR) is 64.6 cm³/mol. The minimum atomic E-state index is -0.813. The van der Waals surface area contributed by atoms with Crippen molar-refractivity contribution in [3.8, 4) is 0 Å². The summed E-state index contributed by atoms with van der Waals surface area (Å²) in [6.45, 7) is 9.49. The van der Waals surface area contributed by atoms with Gasteiger partial charge in [-0.2, -0.15) is 0 Å². The Morgan fingerprint density at radius 3 is 2.47 bits per heavy atom. The Morgan fingerprint density at radius 1 is 1.40 bits per heavy atom. The summed E-state index contributed by atoms with van der Waals surface area (Å²) in [5.74, 6) is 0. The molecule has 0 saturated carbocycles. The summed E-state index contributed by atoms with van der Waals surface area (Å²) in [6, 6.07) is 9.71. The smallest absolute Gasteiger partial charge is 0.0933 e. The summed E-state index contributed by atoms with van der Waals surface area (Å²) in [6.07, 6.45) is 2.91. The second-order valence-electron chi connectivity index (χ2n) is 3.79. The molecule has 0 bridgehead atoms. The molecule has 0 aliphatic carbocycles. The summed E-state index contributed by atoms with van der Waals surface area (Å²) in [5.41, 5.74) is 0.991. The molecule has 1 unspecified atom stereocenters. The van der Waals surface area contributed by atoms with E-state index in [0.29, 0.717) is 12.8 Å². The first-order valence-corrected chi connectivity index (χ1v) is 5.20. The number of hydrogen-bond acceptors (Lipinski definition) is 1. The van der Waals surface area contributed by atoms with Crippen molar-refractivity contribution in [1.29, 1.82) is 0 Å². The Labute approximate surface area is 91.8 Å². The van der Waals surface area contributed by atoms with Gasteiger partial charge in [-0.3, -0.25) is 0 Å². The molecule has 80 valence electrons. The molecule has 1 heteroatoms. The van der Waals surface area contributed by atoms with Crippen molar-refractivity contribution in [3.63, 3.8) is 0 Å². The van der Waals surface area contributed by atoms with E-state index in [1.165, 1.54) is 0 Å². The zero-order valence-electron chi connectivity index (χ0n) is 9.24. The van der Waals surface area contributed by atoms with Crippen LogP contribution in [0.15, 0.2) is 55.1 Å². The van der Waals surface area contributed by atoms with Gasteiger partial charge in [-0.05, 0) is 12.0 Å². The Hall–Kier alpha value is -1.34. The van der Waals surface area contributed by atoms with Crippen LogP contribution in [-0.2, 0) is 5.60 Å². The van der Waals surface area contributed by atoms with Gasteiger partial charge >= 0.3 is 0 Å². The van der Waals surface area contributed by atoms with Gasteiger partial charge < -0.3 is 5.11 Å². The van der Waals surface area contributed by atoms with Crippen molar-refractivity contribution in [2.45, 2.75) is 25.4 Å². The van der Waals surface area contributed by atoms with Crippen molar-refractivity contribution in [3.05, 3.63) is 60.7 Å². The highest BCUT2D eigenvalue weighted by Gasteiger charge is 2.26. The fraction of sp³-hybridized carbons (Fsp3) is 0.286. The first-order valence-electron chi connectivity index (χ1n) is 5.20. The second kappa shape index (κ2) is 4.94. The van der Waals surface area contributed by atoms with Crippen molar-refractivity contribution in [2.24, 2.45) is 0 Å². The van der Waals surface area contributed by atoms with Crippen molar-refractivity contribution < 1.29 is 5.11 Å². The van der Waals surface area contributed by atoms with Crippen LogP contribution in [-0.4, -0.2) is 5.11 Å². The van der Waals surface area contributed by atoms with E-state index >= 15 is 0 Å². The largest absolute Gasteiger partial charge is 0.385 e. The fourth-order valence-electron chi connectivity index (χ4n) is 1.63. The molecule has 1 atom stereocenters. The normalized spacial score (nSPS) is 14.3. The van der Waals surface area contributed by atoms with Crippen LogP contribution in [0.5, 0.6) is 0 Å². The molecule has 1 rings (SSSR count). The molecular formula is C14H18O. The Bertz CT molecular complexity index is 340. The molecule has 0 radical (unpaired) electrons. The maximum Gasteiger partial charge on any atom is 0.0933 e. The van der Waals surface area contributed by atoms with Crippen LogP contribution in [0, 0.1) is 0 Å². The van der Waals surface area contributed by atoms with Gasteiger partial charge in [-0.25, -0.2) is 0 Å². The fourth-order valence-corrected chi connectivity index (χ4v) is 1.63. The zero-order valence-corrected chi connectivity index (χ0v) is 9.24.